The van der Waals surface area contributed by atoms with Crippen molar-refractivity contribution in [1.29, 1.82) is 0 Å². The minimum Gasteiger partial charge on any atom is -0.534 e. The van der Waals surface area contributed by atoms with E-state index in [2.05, 4.69) is 20.4 Å². The Bertz CT molecular complexity index is 1130. The highest BCUT2D eigenvalue weighted by Crippen LogP contribution is 2.30. The van der Waals surface area contributed by atoms with E-state index in [1.165, 1.54) is 23.7 Å². The fraction of sp³-hybridized carbons (Fsp3) is 0.118. The number of oxime groups is 1. The van der Waals surface area contributed by atoms with Crippen molar-refractivity contribution in [2.24, 2.45) is 5.16 Å². The van der Waals surface area contributed by atoms with E-state index in [4.69, 9.17) is 4.65 Å². The number of rotatable bonds is 5. The summed E-state index contributed by atoms with van der Waals surface area (Å²) in [5.41, 5.74) is 0.242. The van der Waals surface area contributed by atoms with Crippen LogP contribution in [0.25, 0.3) is 5.13 Å². The van der Waals surface area contributed by atoms with Crippen LogP contribution in [0.1, 0.15) is 21.6 Å². The number of para-hydroxylation sites is 1. The van der Waals surface area contributed by atoms with Crippen molar-refractivity contribution in [1.82, 2.24) is 19.9 Å². The monoisotopic (exact) mass is 427 g/mol. The number of carbonyl (C=O) groups excluding carboxylic acids is 1. The number of hydrogen-bond acceptors (Lipinski definition) is 9. The van der Waals surface area contributed by atoms with Gasteiger partial charge in [-0.3, -0.25) is 9.36 Å². The number of fused-ring (bicyclic) bond motifs is 1. The number of carboxylic acids is 1. The second-order valence-corrected chi connectivity index (χ2v) is 7.16. The summed E-state index contributed by atoms with van der Waals surface area (Å²) in [4.78, 5) is 32.2. The number of imidazole rings is 1. The fourth-order valence-corrected chi connectivity index (χ4v) is 3.79. The third-order valence-electron chi connectivity index (χ3n) is 4.44. The summed E-state index contributed by atoms with van der Waals surface area (Å²) >= 11 is 1.22. The minimum atomic E-state index is -1.49. The third kappa shape index (κ3) is 3.63. The Balaban J connectivity index is 1.52. The molecule has 3 heterocycles. The summed E-state index contributed by atoms with van der Waals surface area (Å²) in [7, 11) is -1.49. The summed E-state index contributed by atoms with van der Waals surface area (Å²) < 4.78 is 6.98. The molecule has 0 spiro atoms. The molecule has 0 radical (unpaired) electrons. The summed E-state index contributed by atoms with van der Waals surface area (Å²) in [5.74, 6) is -2.79. The van der Waals surface area contributed by atoms with E-state index in [1.807, 2.05) is 0 Å². The number of carboxylic acid groups (broad SMARTS) is 1. The molecule has 4 N–H and O–H groups in total. The maximum Gasteiger partial charge on any atom is 0.547 e. The highest BCUT2D eigenvalue weighted by Gasteiger charge is 2.38. The Kier molecular flexibility index (Phi) is 5.21. The lowest BCUT2D eigenvalue weighted by Gasteiger charge is -2.28. The molecule has 0 bridgehead atoms. The Labute approximate surface area is 173 Å². The Morgan fingerprint density at radius 3 is 2.93 bits per heavy atom. The van der Waals surface area contributed by atoms with E-state index in [1.54, 1.807) is 34.5 Å². The summed E-state index contributed by atoms with van der Waals surface area (Å²) in [6.07, 6.45) is 4.92. The van der Waals surface area contributed by atoms with Crippen LogP contribution in [0.2, 0.25) is 0 Å². The standard InChI is InChI=1S/C17H14BN5O6S/c24-15(13(22-28)11-7-30-17(20-11)23-5-4-19-8-23)21-12-6-9-2-1-3-10(16(25)26)14(9)29-18(12)27/h1-5,7-8,12,27-28H,6H2,(H,21,24)(H,25,26)/t12-/m0/s1. The average Bonchev–Trinajstić information content (AvgIpc) is 3.40. The lowest BCUT2D eigenvalue weighted by Crippen LogP contribution is -2.54. The predicted octanol–water partition coefficient (Wildman–Crippen LogP) is 0.345. The Hall–Kier alpha value is -3.71. The van der Waals surface area contributed by atoms with Gasteiger partial charge in [-0.05, 0) is 18.1 Å². The van der Waals surface area contributed by atoms with Crippen LogP contribution in [0.4, 0.5) is 0 Å². The maximum absolute atomic E-state index is 12.7. The zero-order chi connectivity index (χ0) is 21.3. The largest absolute Gasteiger partial charge is 0.547 e. The topological polar surface area (TPSA) is 159 Å². The molecule has 0 fully saturated rings. The molecular weight excluding hydrogens is 413 g/mol. The first-order valence-corrected chi connectivity index (χ1v) is 9.53. The van der Waals surface area contributed by atoms with Crippen molar-refractivity contribution in [2.45, 2.75) is 12.4 Å². The van der Waals surface area contributed by atoms with Crippen LogP contribution in [-0.4, -0.2) is 60.5 Å². The molecule has 11 nitrogen and oxygen atoms in total. The van der Waals surface area contributed by atoms with Crippen LogP contribution in [-0.2, 0) is 11.2 Å². The van der Waals surface area contributed by atoms with Crippen molar-refractivity contribution >= 4 is 36.0 Å². The van der Waals surface area contributed by atoms with E-state index in [-0.39, 0.29) is 29.1 Å². The van der Waals surface area contributed by atoms with Gasteiger partial charge >= 0.3 is 13.1 Å². The Morgan fingerprint density at radius 1 is 1.40 bits per heavy atom. The van der Waals surface area contributed by atoms with Crippen LogP contribution in [0.5, 0.6) is 5.75 Å². The summed E-state index contributed by atoms with van der Waals surface area (Å²) in [6, 6.07) is 4.56. The fourth-order valence-electron chi connectivity index (χ4n) is 3.03. The van der Waals surface area contributed by atoms with Gasteiger partial charge in [-0.25, -0.2) is 14.8 Å². The van der Waals surface area contributed by atoms with E-state index in [0.717, 1.165) is 0 Å². The van der Waals surface area contributed by atoms with E-state index < -0.39 is 24.9 Å². The first kappa shape index (κ1) is 19.6. The molecule has 4 rings (SSSR count). The Morgan fingerprint density at radius 2 is 2.23 bits per heavy atom. The molecule has 1 aromatic carbocycles. The summed E-state index contributed by atoms with van der Waals surface area (Å²) in [5, 5.41) is 36.5. The second kappa shape index (κ2) is 7.97. The van der Waals surface area contributed by atoms with Gasteiger partial charge in [-0.1, -0.05) is 17.3 Å². The molecule has 1 aliphatic heterocycles. The van der Waals surface area contributed by atoms with Crippen molar-refractivity contribution in [3.63, 3.8) is 0 Å². The van der Waals surface area contributed by atoms with Gasteiger partial charge in [-0.15, -0.1) is 11.3 Å². The average molecular weight is 427 g/mol. The molecule has 13 heteroatoms. The molecule has 0 aliphatic carbocycles. The quantitative estimate of drug-likeness (QED) is 0.196. The van der Waals surface area contributed by atoms with Gasteiger partial charge in [0.2, 0.25) is 0 Å². The number of carbonyl (C=O) groups is 2. The number of benzene rings is 1. The van der Waals surface area contributed by atoms with Crippen molar-refractivity contribution in [3.05, 3.63) is 59.1 Å². The second-order valence-electron chi connectivity index (χ2n) is 6.33. The van der Waals surface area contributed by atoms with Crippen LogP contribution < -0.4 is 9.97 Å². The van der Waals surface area contributed by atoms with Crippen LogP contribution in [0, 0.1) is 0 Å². The van der Waals surface area contributed by atoms with Gasteiger partial charge in [0.15, 0.2) is 10.8 Å². The number of thiazole rings is 1. The van der Waals surface area contributed by atoms with Gasteiger partial charge in [0.25, 0.3) is 5.91 Å². The van der Waals surface area contributed by atoms with Gasteiger partial charge in [-0.2, -0.15) is 0 Å². The minimum absolute atomic E-state index is 0.0588. The van der Waals surface area contributed by atoms with E-state index >= 15 is 0 Å². The van der Waals surface area contributed by atoms with Gasteiger partial charge in [0, 0.05) is 17.8 Å². The molecule has 152 valence electrons. The van der Waals surface area contributed by atoms with Crippen molar-refractivity contribution < 1.29 is 29.6 Å². The molecule has 30 heavy (non-hydrogen) atoms. The number of nitrogens with zero attached hydrogens (tertiary/aromatic N) is 4. The lowest BCUT2D eigenvalue weighted by atomic mass is 9.72. The van der Waals surface area contributed by atoms with Gasteiger partial charge < -0.3 is 25.3 Å². The number of aromatic carboxylic acids is 1. The van der Waals surface area contributed by atoms with Crippen molar-refractivity contribution in [2.75, 3.05) is 0 Å². The molecule has 0 saturated carbocycles. The lowest BCUT2D eigenvalue weighted by molar-refractivity contribution is -0.115. The smallest absolute Gasteiger partial charge is 0.534 e. The zero-order valence-electron chi connectivity index (χ0n) is 15.2. The van der Waals surface area contributed by atoms with E-state index in [9.17, 15) is 24.9 Å². The van der Waals surface area contributed by atoms with Crippen molar-refractivity contribution in [3.8, 4) is 10.9 Å². The third-order valence-corrected chi connectivity index (χ3v) is 5.30. The molecular formula is C17H14BN5O6S. The first-order valence-electron chi connectivity index (χ1n) is 8.65. The molecule has 1 amide bonds. The highest BCUT2D eigenvalue weighted by molar-refractivity contribution is 7.12. The molecule has 2 aromatic heterocycles. The number of aromatic nitrogens is 3. The molecule has 0 unspecified atom stereocenters. The predicted molar refractivity (Wildman–Crippen MR) is 105 cm³/mol. The van der Waals surface area contributed by atoms with Crippen LogP contribution >= 0.6 is 11.3 Å². The van der Waals surface area contributed by atoms with Crippen LogP contribution in [0.15, 0.2) is 47.5 Å². The highest BCUT2D eigenvalue weighted by atomic mass is 32.1. The maximum atomic E-state index is 12.7. The summed E-state index contributed by atoms with van der Waals surface area (Å²) in [6.45, 7) is 0. The number of amides is 1. The zero-order valence-corrected chi connectivity index (χ0v) is 16.0. The first-order chi connectivity index (χ1) is 14.5. The van der Waals surface area contributed by atoms with E-state index in [0.29, 0.717) is 10.7 Å². The number of nitrogens with one attached hydrogen (secondary N) is 1. The van der Waals surface area contributed by atoms with Gasteiger partial charge in [0.05, 0.1) is 11.5 Å². The SMILES string of the molecule is O=C(N[C@H]1Cc2cccc(C(=O)O)c2OB1O)C(=NO)c1csc(-n2ccnc2)n1. The van der Waals surface area contributed by atoms with Crippen LogP contribution in [0.3, 0.4) is 0 Å². The molecule has 1 atom stereocenters. The normalized spacial score (nSPS) is 16.0. The molecule has 0 saturated heterocycles. The molecule has 1 aliphatic rings. The molecule has 3 aromatic rings. The van der Waals surface area contributed by atoms with Gasteiger partial charge in [0.1, 0.15) is 17.8 Å². The number of hydrogen-bond donors (Lipinski definition) is 4.